The van der Waals surface area contributed by atoms with Crippen LogP contribution in [0.1, 0.15) is 16.2 Å². The number of aromatic nitrogens is 1. The quantitative estimate of drug-likeness (QED) is 0.466. The normalized spacial score (nSPS) is 10.6. The first-order valence-corrected chi connectivity index (χ1v) is 5.16. The van der Waals surface area contributed by atoms with E-state index in [-0.39, 0.29) is 11.4 Å². The van der Waals surface area contributed by atoms with Crippen molar-refractivity contribution < 1.29 is 14.0 Å². The second-order valence-corrected chi connectivity index (χ2v) is 3.57. The molecule has 0 unspecified atom stereocenters. The number of rotatable bonds is 3. The lowest BCUT2D eigenvalue weighted by Gasteiger charge is -1.96. The molecule has 5 heteroatoms. The number of carbonyl (C=O) groups excluding carboxylic acids is 2. The molecule has 0 aliphatic carbocycles. The minimum atomic E-state index is -0.624. The molecule has 1 aromatic heterocycles. The highest BCUT2D eigenvalue weighted by atomic mass is 35.5. The Kier molecular flexibility index (Phi) is 2.75. The lowest BCUT2D eigenvalue weighted by Crippen LogP contribution is -2.15. The Morgan fingerprint density at radius 2 is 2.19 bits per heavy atom. The van der Waals surface area contributed by atoms with Gasteiger partial charge in [0.1, 0.15) is 5.52 Å². The number of aryl methyl sites for hydroxylation is 1. The highest BCUT2D eigenvalue weighted by Crippen LogP contribution is 2.17. The second-order valence-electron chi connectivity index (χ2n) is 3.30. The van der Waals surface area contributed by atoms with E-state index in [0.717, 1.165) is 0 Å². The van der Waals surface area contributed by atoms with E-state index in [9.17, 15) is 9.59 Å². The molecule has 0 aliphatic heterocycles. The molecule has 16 heavy (non-hydrogen) atoms. The average Bonchev–Trinajstić information content (AvgIpc) is 2.65. The lowest BCUT2D eigenvalue weighted by molar-refractivity contribution is -0.112. The molecule has 0 saturated heterocycles. The molecule has 1 aromatic carbocycles. The van der Waals surface area contributed by atoms with Gasteiger partial charge in [0.15, 0.2) is 11.5 Å². The van der Waals surface area contributed by atoms with Crippen molar-refractivity contribution in [1.82, 2.24) is 4.98 Å². The molecule has 0 saturated carbocycles. The zero-order valence-corrected chi connectivity index (χ0v) is 9.25. The summed E-state index contributed by atoms with van der Waals surface area (Å²) >= 11 is 5.31. The van der Waals surface area contributed by atoms with Gasteiger partial charge >= 0.3 is 0 Å². The molecule has 0 amide bonds. The van der Waals surface area contributed by atoms with Gasteiger partial charge in [-0.2, -0.15) is 0 Å². The van der Waals surface area contributed by atoms with Crippen LogP contribution in [0.2, 0.25) is 0 Å². The predicted molar refractivity (Wildman–Crippen MR) is 58.8 cm³/mol. The molecule has 2 aromatic rings. The minimum Gasteiger partial charge on any atom is -0.441 e. The number of benzene rings is 1. The monoisotopic (exact) mass is 237 g/mol. The number of alkyl halides is 1. The molecule has 82 valence electrons. The highest BCUT2D eigenvalue weighted by molar-refractivity contribution is 6.51. The Balaban J connectivity index is 2.46. The number of Topliss-reactive ketones (excluding diaryl/α,β-unsaturated/α-hetero) is 2. The Hall–Kier alpha value is -1.68. The number of halogens is 1. The summed E-state index contributed by atoms with van der Waals surface area (Å²) in [5, 5.41) is 0. The first-order chi connectivity index (χ1) is 7.61. The third-order valence-electron chi connectivity index (χ3n) is 2.13. The summed E-state index contributed by atoms with van der Waals surface area (Å²) in [6, 6.07) is 4.67. The van der Waals surface area contributed by atoms with Crippen molar-refractivity contribution in [2.24, 2.45) is 0 Å². The number of hydrogen-bond donors (Lipinski definition) is 0. The van der Waals surface area contributed by atoms with Gasteiger partial charge in [0.05, 0.1) is 5.88 Å². The van der Waals surface area contributed by atoms with Crippen LogP contribution in [0, 0.1) is 6.92 Å². The van der Waals surface area contributed by atoms with Crippen LogP contribution in [-0.4, -0.2) is 22.4 Å². The zero-order valence-electron chi connectivity index (χ0n) is 8.49. The molecule has 0 bridgehead atoms. The summed E-state index contributed by atoms with van der Waals surface area (Å²) in [7, 11) is 0. The van der Waals surface area contributed by atoms with Crippen molar-refractivity contribution in [2.45, 2.75) is 6.92 Å². The van der Waals surface area contributed by atoms with Crippen LogP contribution in [0.4, 0.5) is 0 Å². The van der Waals surface area contributed by atoms with Crippen LogP contribution < -0.4 is 0 Å². The van der Waals surface area contributed by atoms with Crippen molar-refractivity contribution in [2.75, 3.05) is 5.88 Å². The fraction of sp³-hybridized carbons (Fsp3) is 0.182. The van der Waals surface area contributed by atoms with Gasteiger partial charge in [-0.1, -0.05) is 0 Å². The molecular formula is C11H8ClNO3. The topological polar surface area (TPSA) is 60.2 Å². The van der Waals surface area contributed by atoms with Crippen LogP contribution in [0.5, 0.6) is 0 Å². The number of carbonyl (C=O) groups is 2. The van der Waals surface area contributed by atoms with Crippen LogP contribution in [-0.2, 0) is 4.79 Å². The third kappa shape index (κ3) is 1.84. The standard InChI is InChI=1S/C11H8ClNO3/c1-6-13-8-4-7(2-3-10(8)16-6)11(15)9(14)5-12/h2-4H,5H2,1H3. The molecule has 0 radical (unpaired) electrons. The molecule has 0 spiro atoms. The Morgan fingerprint density at radius 1 is 1.44 bits per heavy atom. The minimum absolute atomic E-state index is 0.284. The van der Waals surface area contributed by atoms with Crippen LogP contribution in [0.25, 0.3) is 11.1 Å². The van der Waals surface area contributed by atoms with E-state index >= 15 is 0 Å². The molecule has 0 fully saturated rings. The van der Waals surface area contributed by atoms with Gasteiger partial charge in [-0.05, 0) is 18.2 Å². The van der Waals surface area contributed by atoms with E-state index < -0.39 is 11.6 Å². The summed E-state index contributed by atoms with van der Waals surface area (Å²) in [6.45, 7) is 1.71. The number of hydrogen-bond acceptors (Lipinski definition) is 4. The molecule has 1 heterocycles. The van der Waals surface area contributed by atoms with E-state index in [1.807, 2.05) is 0 Å². The van der Waals surface area contributed by atoms with Crippen molar-refractivity contribution in [3.63, 3.8) is 0 Å². The van der Waals surface area contributed by atoms with Crippen molar-refractivity contribution in [3.8, 4) is 0 Å². The van der Waals surface area contributed by atoms with E-state index in [4.69, 9.17) is 16.0 Å². The van der Waals surface area contributed by atoms with Crippen molar-refractivity contribution >= 4 is 34.3 Å². The Labute approximate surface area is 96.2 Å². The SMILES string of the molecule is Cc1nc2cc(C(=O)C(=O)CCl)ccc2o1. The molecule has 4 nitrogen and oxygen atoms in total. The third-order valence-corrected chi connectivity index (χ3v) is 2.37. The summed E-state index contributed by atoms with van der Waals surface area (Å²) < 4.78 is 5.26. The Bertz CT molecular complexity index is 574. The van der Waals surface area contributed by atoms with E-state index in [1.165, 1.54) is 12.1 Å². The van der Waals surface area contributed by atoms with Gasteiger partial charge in [0.2, 0.25) is 11.6 Å². The van der Waals surface area contributed by atoms with Crippen molar-refractivity contribution in [1.29, 1.82) is 0 Å². The fourth-order valence-electron chi connectivity index (χ4n) is 1.41. The second kappa shape index (κ2) is 4.06. The van der Waals surface area contributed by atoms with Gasteiger partial charge in [0, 0.05) is 12.5 Å². The summed E-state index contributed by atoms with van der Waals surface area (Å²) in [6.07, 6.45) is 0. The summed E-state index contributed by atoms with van der Waals surface area (Å²) in [4.78, 5) is 26.7. The number of fused-ring (bicyclic) bond motifs is 1. The largest absolute Gasteiger partial charge is 0.441 e. The number of oxazole rings is 1. The van der Waals surface area contributed by atoms with Gasteiger partial charge < -0.3 is 4.42 Å². The smallest absolute Gasteiger partial charge is 0.229 e. The van der Waals surface area contributed by atoms with Gasteiger partial charge in [0.25, 0.3) is 0 Å². The van der Waals surface area contributed by atoms with Crippen LogP contribution in [0.15, 0.2) is 22.6 Å². The first-order valence-electron chi connectivity index (χ1n) is 4.62. The lowest BCUT2D eigenvalue weighted by atomic mass is 10.1. The molecule has 0 aliphatic rings. The average molecular weight is 238 g/mol. The summed E-state index contributed by atoms with van der Waals surface area (Å²) in [5.74, 6) is -1.02. The highest BCUT2D eigenvalue weighted by Gasteiger charge is 2.16. The number of ketones is 2. The van der Waals surface area contributed by atoms with Gasteiger partial charge in [-0.25, -0.2) is 4.98 Å². The number of nitrogens with zero attached hydrogens (tertiary/aromatic N) is 1. The molecule has 0 N–H and O–H groups in total. The van der Waals surface area contributed by atoms with Gasteiger partial charge in [-0.15, -0.1) is 11.6 Å². The molecule has 0 atom stereocenters. The van der Waals surface area contributed by atoms with Crippen LogP contribution >= 0.6 is 11.6 Å². The predicted octanol–water partition coefficient (Wildman–Crippen LogP) is 2.13. The maximum Gasteiger partial charge on any atom is 0.229 e. The summed E-state index contributed by atoms with van der Waals surface area (Å²) in [5.41, 5.74) is 1.43. The van der Waals surface area contributed by atoms with E-state index in [0.29, 0.717) is 17.0 Å². The molecular weight excluding hydrogens is 230 g/mol. The zero-order chi connectivity index (χ0) is 11.7. The fourth-order valence-corrected chi connectivity index (χ4v) is 1.53. The first kappa shape index (κ1) is 10.8. The molecule has 2 rings (SSSR count). The maximum atomic E-state index is 11.5. The van der Waals surface area contributed by atoms with Crippen molar-refractivity contribution in [3.05, 3.63) is 29.7 Å². The Morgan fingerprint density at radius 3 is 2.88 bits per heavy atom. The maximum absolute atomic E-state index is 11.5. The van der Waals surface area contributed by atoms with E-state index in [1.54, 1.807) is 13.0 Å². The van der Waals surface area contributed by atoms with E-state index in [2.05, 4.69) is 4.98 Å². The van der Waals surface area contributed by atoms with Crippen LogP contribution in [0.3, 0.4) is 0 Å². The van der Waals surface area contributed by atoms with Gasteiger partial charge in [-0.3, -0.25) is 9.59 Å².